The SMILES string of the molecule is C=CC(=O)N1CCC2OCCN(C3=NC=NC4N=CCC34)C2C1. The Morgan fingerprint density at radius 1 is 1.39 bits per heavy atom. The van der Waals surface area contributed by atoms with Crippen molar-refractivity contribution in [3.8, 4) is 0 Å². The predicted molar refractivity (Wildman–Crippen MR) is 87.9 cm³/mol. The first kappa shape index (κ1) is 14.6. The lowest BCUT2D eigenvalue weighted by molar-refractivity contribution is -0.134. The zero-order chi connectivity index (χ0) is 15.8. The summed E-state index contributed by atoms with van der Waals surface area (Å²) in [6.07, 6.45) is 6.81. The summed E-state index contributed by atoms with van der Waals surface area (Å²) in [5, 5.41) is 0. The van der Waals surface area contributed by atoms with Gasteiger partial charge in [-0.25, -0.2) is 9.98 Å². The van der Waals surface area contributed by atoms with Crippen LogP contribution in [0.2, 0.25) is 0 Å². The first-order valence-electron chi connectivity index (χ1n) is 8.18. The van der Waals surface area contributed by atoms with Gasteiger partial charge in [-0.3, -0.25) is 9.79 Å². The molecule has 0 aromatic carbocycles. The molecule has 4 aliphatic heterocycles. The minimum atomic E-state index is -0.0294. The standard InChI is InChI=1S/C16H21N5O2/c1-2-14(22)20-6-4-13-12(9-20)21(7-8-23-13)16-11-3-5-17-15(11)18-10-19-16/h2,5,10-13,15H,1,3-4,6-9H2. The van der Waals surface area contributed by atoms with Crippen molar-refractivity contribution in [2.24, 2.45) is 20.9 Å². The van der Waals surface area contributed by atoms with Gasteiger partial charge in [-0.2, -0.15) is 0 Å². The van der Waals surface area contributed by atoms with E-state index in [1.807, 2.05) is 11.1 Å². The molecular formula is C16H21N5O2. The highest BCUT2D eigenvalue weighted by molar-refractivity contribution is 5.95. The Bertz CT molecular complexity index is 599. The molecule has 0 aromatic heterocycles. The van der Waals surface area contributed by atoms with E-state index in [-0.39, 0.29) is 30.1 Å². The number of likely N-dealkylation sites (tertiary alicyclic amines) is 1. The second-order valence-electron chi connectivity index (χ2n) is 6.29. The van der Waals surface area contributed by atoms with Crippen molar-refractivity contribution >= 4 is 24.3 Å². The maximum atomic E-state index is 12.0. The molecule has 0 aliphatic carbocycles. The number of amides is 1. The number of hydrogen-bond donors (Lipinski definition) is 0. The Balaban J connectivity index is 1.57. The Hall–Kier alpha value is -2.02. The fourth-order valence-electron chi connectivity index (χ4n) is 3.92. The van der Waals surface area contributed by atoms with Crippen LogP contribution in [0.25, 0.3) is 0 Å². The van der Waals surface area contributed by atoms with Crippen LogP contribution in [0, 0.1) is 5.92 Å². The maximum Gasteiger partial charge on any atom is 0.246 e. The number of carbonyl (C=O) groups excluding carboxylic acids is 1. The molecule has 0 radical (unpaired) electrons. The van der Waals surface area contributed by atoms with E-state index in [1.165, 1.54) is 6.08 Å². The summed E-state index contributed by atoms with van der Waals surface area (Å²) in [4.78, 5) is 29.5. The highest BCUT2D eigenvalue weighted by atomic mass is 16.5. The average molecular weight is 315 g/mol. The quantitative estimate of drug-likeness (QED) is 0.655. The van der Waals surface area contributed by atoms with Crippen LogP contribution in [0.3, 0.4) is 0 Å². The van der Waals surface area contributed by atoms with E-state index in [9.17, 15) is 4.79 Å². The second-order valence-corrected chi connectivity index (χ2v) is 6.29. The van der Waals surface area contributed by atoms with Gasteiger partial charge in [0.2, 0.25) is 5.91 Å². The Labute approximate surface area is 135 Å². The Kier molecular flexibility index (Phi) is 3.72. The van der Waals surface area contributed by atoms with Gasteiger partial charge in [0.1, 0.15) is 12.2 Å². The third-order valence-electron chi connectivity index (χ3n) is 5.08. The van der Waals surface area contributed by atoms with Crippen LogP contribution in [0.4, 0.5) is 0 Å². The molecule has 0 bridgehead atoms. The molecule has 2 fully saturated rings. The third kappa shape index (κ3) is 2.49. The summed E-state index contributed by atoms with van der Waals surface area (Å²) in [7, 11) is 0. The second kappa shape index (κ2) is 5.88. The Morgan fingerprint density at radius 2 is 2.30 bits per heavy atom. The molecular weight excluding hydrogens is 294 g/mol. The molecule has 7 nitrogen and oxygen atoms in total. The number of morpholine rings is 1. The molecule has 23 heavy (non-hydrogen) atoms. The van der Waals surface area contributed by atoms with Gasteiger partial charge in [-0.1, -0.05) is 6.58 Å². The molecule has 0 aromatic rings. The number of ether oxygens (including phenoxy) is 1. The van der Waals surface area contributed by atoms with Gasteiger partial charge in [0.15, 0.2) is 6.17 Å². The smallest absolute Gasteiger partial charge is 0.246 e. The van der Waals surface area contributed by atoms with Crippen molar-refractivity contribution in [2.75, 3.05) is 26.2 Å². The van der Waals surface area contributed by atoms with Crippen molar-refractivity contribution in [3.63, 3.8) is 0 Å². The number of rotatable bonds is 1. The van der Waals surface area contributed by atoms with Crippen LogP contribution in [-0.4, -0.2) is 78.6 Å². The van der Waals surface area contributed by atoms with Gasteiger partial charge < -0.3 is 14.5 Å². The van der Waals surface area contributed by atoms with Gasteiger partial charge in [0, 0.05) is 25.8 Å². The normalized spacial score (nSPS) is 35.6. The molecule has 0 saturated carbocycles. The highest BCUT2D eigenvalue weighted by Crippen LogP contribution is 2.30. The monoisotopic (exact) mass is 315 g/mol. The van der Waals surface area contributed by atoms with Crippen LogP contribution >= 0.6 is 0 Å². The van der Waals surface area contributed by atoms with Gasteiger partial charge >= 0.3 is 0 Å². The number of aliphatic imine (C=N–C) groups is 3. The summed E-state index contributed by atoms with van der Waals surface area (Å²) in [5.74, 6) is 1.26. The fourth-order valence-corrected chi connectivity index (χ4v) is 3.92. The molecule has 0 spiro atoms. The van der Waals surface area contributed by atoms with Gasteiger partial charge in [0.25, 0.3) is 0 Å². The van der Waals surface area contributed by atoms with Crippen LogP contribution in [0.15, 0.2) is 27.6 Å². The molecule has 4 rings (SSSR count). The van der Waals surface area contributed by atoms with Crippen molar-refractivity contribution < 1.29 is 9.53 Å². The molecule has 4 aliphatic rings. The number of nitrogens with zero attached hydrogens (tertiary/aromatic N) is 5. The lowest BCUT2D eigenvalue weighted by Gasteiger charge is -2.49. The van der Waals surface area contributed by atoms with Gasteiger partial charge in [-0.15, -0.1) is 0 Å². The average Bonchev–Trinajstić information content (AvgIpc) is 3.09. The van der Waals surface area contributed by atoms with E-state index < -0.39 is 0 Å². The zero-order valence-electron chi connectivity index (χ0n) is 13.0. The van der Waals surface area contributed by atoms with E-state index in [2.05, 4.69) is 26.5 Å². The lowest BCUT2D eigenvalue weighted by Crippen LogP contribution is -2.63. The van der Waals surface area contributed by atoms with Crippen molar-refractivity contribution in [1.82, 2.24) is 9.80 Å². The first-order valence-corrected chi connectivity index (χ1v) is 8.18. The molecule has 4 atom stereocenters. The predicted octanol–water partition coefficient (Wildman–Crippen LogP) is 0.331. The van der Waals surface area contributed by atoms with Crippen LogP contribution in [0.5, 0.6) is 0 Å². The molecule has 0 N–H and O–H groups in total. The van der Waals surface area contributed by atoms with E-state index >= 15 is 0 Å². The fraction of sp³-hybridized carbons (Fsp3) is 0.625. The molecule has 1 amide bonds. The zero-order valence-corrected chi connectivity index (χ0v) is 13.0. The van der Waals surface area contributed by atoms with E-state index in [4.69, 9.17) is 4.74 Å². The topological polar surface area (TPSA) is 69.9 Å². The van der Waals surface area contributed by atoms with Crippen molar-refractivity contribution in [1.29, 1.82) is 0 Å². The number of carbonyl (C=O) groups is 1. The van der Waals surface area contributed by atoms with Crippen molar-refractivity contribution in [2.45, 2.75) is 31.2 Å². The number of hydrogen-bond acceptors (Lipinski definition) is 6. The van der Waals surface area contributed by atoms with E-state index in [0.717, 1.165) is 31.8 Å². The largest absolute Gasteiger partial charge is 0.374 e. The summed E-state index contributed by atoms with van der Waals surface area (Å²) < 4.78 is 5.95. The summed E-state index contributed by atoms with van der Waals surface area (Å²) in [6, 6.07) is 0.146. The van der Waals surface area contributed by atoms with Gasteiger partial charge in [-0.05, 0) is 18.9 Å². The molecule has 4 unspecified atom stereocenters. The molecule has 7 heteroatoms. The van der Waals surface area contributed by atoms with Crippen LogP contribution < -0.4 is 0 Å². The van der Waals surface area contributed by atoms with Crippen LogP contribution in [0.1, 0.15) is 12.8 Å². The first-order chi connectivity index (χ1) is 11.3. The third-order valence-corrected chi connectivity index (χ3v) is 5.08. The maximum absolute atomic E-state index is 12.0. The number of fused-ring (bicyclic) bond motifs is 2. The van der Waals surface area contributed by atoms with Gasteiger partial charge in [0.05, 0.1) is 24.7 Å². The minimum Gasteiger partial charge on any atom is -0.374 e. The van der Waals surface area contributed by atoms with Crippen LogP contribution in [-0.2, 0) is 9.53 Å². The number of piperidine rings is 1. The highest BCUT2D eigenvalue weighted by Gasteiger charge is 2.43. The summed E-state index contributed by atoms with van der Waals surface area (Å²) >= 11 is 0. The molecule has 4 heterocycles. The molecule has 122 valence electrons. The van der Waals surface area contributed by atoms with Crippen molar-refractivity contribution in [3.05, 3.63) is 12.7 Å². The Morgan fingerprint density at radius 3 is 3.17 bits per heavy atom. The lowest BCUT2D eigenvalue weighted by atomic mass is 9.94. The summed E-state index contributed by atoms with van der Waals surface area (Å²) in [6.45, 7) is 6.48. The van der Waals surface area contributed by atoms with E-state index in [0.29, 0.717) is 13.2 Å². The minimum absolute atomic E-state index is 0.0109. The number of amidine groups is 1. The van der Waals surface area contributed by atoms with E-state index in [1.54, 1.807) is 6.34 Å². The molecule has 2 saturated heterocycles. The summed E-state index contributed by atoms with van der Waals surface area (Å²) in [5.41, 5.74) is 0.